The fourth-order valence-corrected chi connectivity index (χ4v) is 3.03. The van der Waals surface area contributed by atoms with Gasteiger partial charge in [0, 0.05) is 11.0 Å². The van der Waals surface area contributed by atoms with Crippen molar-refractivity contribution in [3.05, 3.63) is 26.4 Å². The average Bonchev–Trinajstić information content (AvgIpc) is 2.58. The van der Waals surface area contributed by atoms with Gasteiger partial charge in [-0.05, 0) is 47.2 Å². The van der Waals surface area contributed by atoms with Crippen molar-refractivity contribution < 1.29 is 4.74 Å². The summed E-state index contributed by atoms with van der Waals surface area (Å²) >= 11 is 5.74. The Hall–Kier alpha value is -0.430. The molecule has 16 heavy (non-hydrogen) atoms. The molecule has 2 aliphatic heterocycles. The molecular weight excluding hydrogens is 383 g/mol. The van der Waals surface area contributed by atoms with Crippen LogP contribution in [0.25, 0.3) is 0 Å². The largest absolute Gasteiger partial charge is 0.449 e. The third-order valence-corrected chi connectivity index (χ3v) is 3.85. The zero-order chi connectivity index (χ0) is 11.1. The molecule has 3 nitrogen and oxygen atoms in total. The highest BCUT2D eigenvalue weighted by Gasteiger charge is 2.25. The van der Waals surface area contributed by atoms with Crippen molar-refractivity contribution in [1.29, 1.82) is 0 Å². The Balaban J connectivity index is 2.15. The lowest BCUT2D eigenvalue weighted by molar-refractivity contribution is 0.467. The van der Waals surface area contributed by atoms with Crippen LogP contribution in [-0.4, -0.2) is 13.2 Å². The van der Waals surface area contributed by atoms with E-state index in [1.807, 2.05) is 6.07 Å². The Kier molecular flexibility index (Phi) is 2.75. The summed E-state index contributed by atoms with van der Waals surface area (Å²) in [5.74, 6) is 0.926. The second-order valence-corrected chi connectivity index (χ2v) is 5.78. The van der Waals surface area contributed by atoms with Crippen molar-refractivity contribution in [2.45, 2.75) is 6.42 Å². The van der Waals surface area contributed by atoms with Gasteiger partial charge in [-0.15, -0.1) is 0 Å². The molecular formula is C11H10BrIN2O. The number of nitrogens with one attached hydrogen (secondary N) is 1. The van der Waals surface area contributed by atoms with Crippen LogP contribution in [0.5, 0.6) is 5.75 Å². The number of hydrogen-bond donors (Lipinski definition) is 1. The van der Waals surface area contributed by atoms with E-state index in [2.05, 4.69) is 60.9 Å². The maximum Gasteiger partial charge on any atom is 0.160 e. The highest BCUT2D eigenvalue weighted by Crippen LogP contribution is 2.44. The molecule has 1 aromatic rings. The van der Waals surface area contributed by atoms with Crippen molar-refractivity contribution >= 4 is 49.9 Å². The van der Waals surface area contributed by atoms with Crippen LogP contribution < -0.4 is 15.0 Å². The second-order valence-electron chi connectivity index (χ2n) is 3.80. The summed E-state index contributed by atoms with van der Waals surface area (Å²) in [6.45, 7) is 1.90. The van der Waals surface area contributed by atoms with E-state index in [1.165, 1.54) is 5.69 Å². The number of ether oxygens (including phenoxy) is 1. The summed E-state index contributed by atoms with van der Waals surface area (Å²) < 4.78 is 7.84. The van der Waals surface area contributed by atoms with E-state index < -0.39 is 0 Å². The van der Waals surface area contributed by atoms with Crippen LogP contribution in [0.1, 0.15) is 6.42 Å². The first kappa shape index (κ1) is 10.7. The van der Waals surface area contributed by atoms with Crippen LogP contribution in [0.3, 0.4) is 0 Å². The number of nitrogens with zero attached hydrogens (tertiary/aromatic N) is 1. The summed E-state index contributed by atoms with van der Waals surface area (Å²) in [7, 11) is 0. The van der Waals surface area contributed by atoms with Crippen molar-refractivity contribution in [3.8, 4) is 5.75 Å². The van der Waals surface area contributed by atoms with Gasteiger partial charge >= 0.3 is 0 Å². The third-order valence-electron chi connectivity index (χ3n) is 2.73. The molecule has 0 spiro atoms. The van der Waals surface area contributed by atoms with E-state index in [-0.39, 0.29) is 0 Å². The van der Waals surface area contributed by atoms with Crippen LogP contribution in [0.15, 0.2) is 26.4 Å². The van der Waals surface area contributed by atoms with E-state index >= 15 is 0 Å². The highest BCUT2D eigenvalue weighted by molar-refractivity contribution is 14.1. The molecule has 0 saturated heterocycles. The van der Waals surface area contributed by atoms with Crippen LogP contribution in [0, 0.1) is 0 Å². The average molecular weight is 393 g/mol. The van der Waals surface area contributed by atoms with Gasteiger partial charge in [-0.2, -0.15) is 0 Å². The first-order valence-corrected chi connectivity index (χ1v) is 6.97. The van der Waals surface area contributed by atoms with Gasteiger partial charge in [0.2, 0.25) is 0 Å². The topological polar surface area (TPSA) is 24.5 Å². The summed E-state index contributed by atoms with van der Waals surface area (Å²) in [5.41, 5.74) is 2.33. The molecule has 0 aliphatic carbocycles. The van der Waals surface area contributed by atoms with Gasteiger partial charge in [-0.3, -0.25) is 0 Å². The minimum atomic E-state index is 0.868. The van der Waals surface area contributed by atoms with E-state index in [0.29, 0.717) is 0 Å². The Morgan fingerprint density at radius 1 is 1.44 bits per heavy atom. The smallest absolute Gasteiger partial charge is 0.160 e. The Morgan fingerprint density at radius 3 is 3.19 bits per heavy atom. The standard InChI is InChI=1S/C11H10BrIN2O/c12-7-4-8-11-9(5-7)16-10(13)2-1-3-15(11)6-14-8/h2,4-5,14H,1,3,6H2/b10-2-. The highest BCUT2D eigenvalue weighted by atomic mass is 127. The molecule has 2 heterocycles. The molecule has 1 aromatic carbocycles. The summed E-state index contributed by atoms with van der Waals surface area (Å²) in [6, 6.07) is 4.12. The van der Waals surface area contributed by atoms with Gasteiger partial charge in [0.25, 0.3) is 0 Å². The molecule has 84 valence electrons. The summed E-state index contributed by atoms with van der Waals surface area (Å²) in [5, 5.41) is 3.38. The van der Waals surface area contributed by atoms with Gasteiger partial charge < -0.3 is 15.0 Å². The van der Waals surface area contributed by atoms with Crippen molar-refractivity contribution in [2.75, 3.05) is 23.4 Å². The van der Waals surface area contributed by atoms with Crippen LogP contribution in [-0.2, 0) is 0 Å². The number of anilines is 2. The molecule has 0 aromatic heterocycles. The zero-order valence-electron chi connectivity index (χ0n) is 8.46. The number of halogens is 2. The van der Waals surface area contributed by atoms with Crippen LogP contribution >= 0.6 is 38.5 Å². The molecule has 0 atom stereocenters. The zero-order valence-corrected chi connectivity index (χ0v) is 12.2. The first-order valence-electron chi connectivity index (χ1n) is 5.10. The predicted molar refractivity (Wildman–Crippen MR) is 77.3 cm³/mol. The molecule has 2 aliphatic rings. The lowest BCUT2D eigenvalue weighted by atomic mass is 10.2. The first-order chi connectivity index (χ1) is 7.74. The molecule has 0 bridgehead atoms. The van der Waals surface area contributed by atoms with Gasteiger partial charge in [0.15, 0.2) is 9.52 Å². The molecule has 0 unspecified atom stereocenters. The van der Waals surface area contributed by atoms with Gasteiger partial charge in [0.1, 0.15) is 5.69 Å². The van der Waals surface area contributed by atoms with Crippen molar-refractivity contribution in [3.63, 3.8) is 0 Å². The lowest BCUT2D eigenvalue weighted by Gasteiger charge is -2.22. The third kappa shape index (κ3) is 1.79. The number of benzene rings is 1. The van der Waals surface area contributed by atoms with Gasteiger partial charge in [-0.1, -0.05) is 15.9 Å². The molecule has 0 fully saturated rings. The molecule has 1 N–H and O–H groups in total. The fraction of sp³-hybridized carbons (Fsp3) is 0.273. The van der Waals surface area contributed by atoms with Gasteiger partial charge in [0.05, 0.1) is 12.4 Å². The van der Waals surface area contributed by atoms with Crippen molar-refractivity contribution in [2.24, 2.45) is 0 Å². The quantitative estimate of drug-likeness (QED) is 0.681. The molecule has 3 rings (SSSR count). The SMILES string of the molecule is Brc1cc2c3c(c1)O/C(I)=C\CCN3CN2. The predicted octanol–water partition coefficient (Wildman–Crippen LogP) is 3.70. The van der Waals surface area contributed by atoms with Gasteiger partial charge in [-0.25, -0.2) is 0 Å². The Morgan fingerprint density at radius 2 is 2.31 bits per heavy atom. The Bertz CT molecular complexity index is 475. The maximum absolute atomic E-state index is 5.84. The minimum Gasteiger partial charge on any atom is -0.449 e. The Labute approximate surface area is 116 Å². The van der Waals surface area contributed by atoms with E-state index in [4.69, 9.17) is 4.74 Å². The number of hydrogen-bond acceptors (Lipinski definition) is 3. The molecule has 0 amide bonds. The normalized spacial score (nSPS) is 21.1. The minimum absolute atomic E-state index is 0.868. The second kappa shape index (κ2) is 4.10. The lowest BCUT2D eigenvalue weighted by Crippen LogP contribution is -2.24. The maximum atomic E-state index is 5.84. The summed E-state index contributed by atoms with van der Waals surface area (Å²) in [4.78, 5) is 2.32. The molecule has 0 radical (unpaired) electrons. The fourth-order valence-electron chi connectivity index (χ4n) is 2.04. The van der Waals surface area contributed by atoms with E-state index in [1.54, 1.807) is 0 Å². The van der Waals surface area contributed by atoms with E-state index in [9.17, 15) is 0 Å². The van der Waals surface area contributed by atoms with E-state index in [0.717, 1.165) is 39.3 Å². The van der Waals surface area contributed by atoms with Crippen molar-refractivity contribution in [1.82, 2.24) is 0 Å². The summed E-state index contributed by atoms with van der Waals surface area (Å²) in [6.07, 6.45) is 3.15. The monoisotopic (exact) mass is 392 g/mol. The molecule has 5 heteroatoms. The number of rotatable bonds is 0. The van der Waals surface area contributed by atoms with Crippen LogP contribution in [0.4, 0.5) is 11.4 Å². The van der Waals surface area contributed by atoms with Crippen LogP contribution in [0.2, 0.25) is 0 Å². The molecule has 0 saturated carbocycles.